The van der Waals surface area contributed by atoms with Crippen LogP contribution >= 0.6 is 0 Å². The first-order valence-electron chi connectivity index (χ1n) is 14.5. The third-order valence-corrected chi connectivity index (χ3v) is 13.8. The largest absolute Gasteiger partial charge is 0.481 e. The van der Waals surface area contributed by atoms with E-state index >= 15 is 0 Å². The van der Waals surface area contributed by atoms with E-state index in [0.29, 0.717) is 17.8 Å². The number of allylic oxidation sites excluding steroid dienone is 1. The lowest BCUT2D eigenvalue weighted by Crippen LogP contribution is -2.66. The van der Waals surface area contributed by atoms with Gasteiger partial charge in [0.25, 0.3) is 0 Å². The van der Waals surface area contributed by atoms with Crippen LogP contribution in [0.1, 0.15) is 112 Å². The molecule has 5 aliphatic carbocycles. The van der Waals surface area contributed by atoms with E-state index < -0.39 is 22.8 Å². The topological polar surface area (TPSA) is 74.6 Å². The van der Waals surface area contributed by atoms with E-state index in [4.69, 9.17) is 0 Å². The van der Waals surface area contributed by atoms with Gasteiger partial charge < -0.3 is 10.2 Å². The zero-order valence-corrected chi connectivity index (χ0v) is 22.8. The van der Waals surface area contributed by atoms with Crippen LogP contribution in [0.5, 0.6) is 0 Å². The van der Waals surface area contributed by atoms with Crippen LogP contribution < -0.4 is 0 Å². The Morgan fingerprint density at radius 1 is 0.800 bits per heavy atom. The molecule has 4 heteroatoms. The van der Waals surface area contributed by atoms with Crippen molar-refractivity contribution < 1.29 is 19.8 Å². The van der Waals surface area contributed by atoms with Gasteiger partial charge in [0.05, 0.1) is 10.8 Å². The summed E-state index contributed by atoms with van der Waals surface area (Å²) in [5.74, 6) is 0.527. The van der Waals surface area contributed by atoms with Crippen LogP contribution in [0.2, 0.25) is 0 Å². The van der Waals surface area contributed by atoms with E-state index in [1.165, 1.54) is 5.57 Å². The second-order valence-corrected chi connectivity index (χ2v) is 14.4. The fraction of sp³-hybridized carbons (Fsp3) is 0.871. The summed E-state index contributed by atoms with van der Waals surface area (Å²) in [5.41, 5.74) is 0.339. The molecule has 35 heavy (non-hydrogen) atoms. The van der Waals surface area contributed by atoms with Gasteiger partial charge in [-0.2, -0.15) is 0 Å². The van der Waals surface area contributed by atoms with E-state index in [2.05, 4.69) is 34.3 Å². The van der Waals surface area contributed by atoms with Gasteiger partial charge in [-0.3, -0.25) is 9.59 Å². The smallest absolute Gasteiger partial charge is 0.309 e. The van der Waals surface area contributed by atoms with E-state index in [-0.39, 0.29) is 28.1 Å². The van der Waals surface area contributed by atoms with Crippen LogP contribution in [0, 0.1) is 56.7 Å². The third-order valence-electron chi connectivity index (χ3n) is 13.8. The first-order chi connectivity index (χ1) is 16.3. The minimum absolute atomic E-state index is 0.0514. The van der Waals surface area contributed by atoms with Gasteiger partial charge in [-0.1, -0.05) is 46.3 Å². The molecule has 0 spiro atoms. The van der Waals surface area contributed by atoms with Crippen molar-refractivity contribution in [1.82, 2.24) is 0 Å². The fourth-order valence-electron chi connectivity index (χ4n) is 11.7. The van der Waals surface area contributed by atoms with Crippen molar-refractivity contribution in [2.45, 2.75) is 112 Å². The molecule has 10 atom stereocenters. The molecule has 5 rings (SSSR count). The Morgan fingerprint density at radius 2 is 1.51 bits per heavy atom. The van der Waals surface area contributed by atoms with Crippen molar-refractivity contribution in [2.75, 3.05) is 0 Å². The SMILES string of the molecule is C=C(CC)[C@@H]1CCC2(C(=O)O)CC[C@]3(C)[C@H](CC[C@@H]4[C@@]5(C)CCC[C@@](C)(C(=O)O)[C@@H]5CC[C@]43C)[C@@H]12. The van der Waals surface area contributed by atoms with Gasteiger partial charge in [-0.25, -0.2) is 0 Å². The van der Waals surface area contributed by atoms with Gasteiger partial charge in [-0.05, 0) is 123 Å². The molecule has 0 amide bonds. The summed E-state index contributed by atoms with van der Waals surface area (Å²) in [7, 11) is 0. The highest BCUT2D eigenvalue weighted by Gasteiger charge is 2.72. The van der Waals surface area contributed by atoms with E-state index in [1.807, 2.05) is 6.92 Å². The van der Waals surface area contributed by atoms with Crippen molar-refractivity contribution in [1.29, 1.82) is 0 Å². The maximum absolute atomic E-state index is 12.8. The molecular formula is C31H48O4. The number of hydrogen-bond donors (Lipinski definition) is 2. The molecule has 5 fully saturated rings. The summed E-state index contributed by atoms with van der Waals surface area (Å²) in [4.78, 5) is 25.3. The summed E-state index contributed by atoms with van der Waals surface area (Å²) in [5, 5.41) is 20.8. The predicted molar refractivity (Wildman–Crippen MR) is 138 cm³/mol. The normalized spacial score (nSPS) is 53.0. The summed E-state index contributed by atoms with van der Waals surface area (Å²) in [6.45, 7) is 16.1. The highest BCUT2D eigenvalue weighted by molar-refractivity contribution is 5.76. The quantitative estimate of drug-likeness (QED) is 0.403. The monoisotopic (exact) mass is 484 g/mol. The molecular weight excluding hydrogens is 436 g/mol. The number of carboxylic acids is 2. The number of rotatable bonds is 4. The van der Waals surface area contributed by atoms with Gasteiger partial charge in [0.15, 0.2) is 0 Å². The van der Waals surface area contributed by atoms with Crippen LogP contribution in [0.15, 0.2) is 12.2 Å². The van der Waals surface area contributed by atoms with Crippen LogP contribution in [-0.2, 0) is 9.59 Å². The van der Waals surface area contributed by atoms with E-state index in [9.17, 15) is 19.8 Å². The lowest BCUT2D eigenvalue weighted by molar-refractivity contribution is -0.240. The van der Waals surface area contributed by atoms with Gasteiger partial charge in [-0.15, -0.1) is 0 Å². The molecule has 0 aliphatic heterocycles. The van der Waals surface area contributed by atoms with Crippen LogP contribution in [0.25, 0.3) is 0 Å². The number of carboxylic acid groups (broad SMARTS) is 2. The molecule has 0 bridgehead atoms. The van der Waals surface area contributed by atoms with E-state index in [0.717, 1.165) is 77.0 Å². The zero-order chi connectivity index (χ0) is 25.6. The van der Waals surface area contributed by atoms with Crippen molar-refractivity contribution in [3.8, 4) is 0 Å². The fourth-order valence-corrected chi connectivity index (χ4v) is 11.7. The van der Waals surface area contributed by atoms with Crippen molar-refractivity contribution in [3.63, 3.8) is 0 Å². The Kier molecular flexibility index (Phi) is 5.67. The van der Waals surface area contributed by atoms with Crippen LogP contribution in [0.3, 0.4) is 0 Å². The Balaban J connectivity index is 1.56. The van der Waals surface area contributed by atoms with Crippen LogP contribution in [0.4, 0.5) is 0 Å². The lowest BCUT2D eigenvalue weighted by Gasteiger charge is -2.72. The summed E-state index contributed by atoms with van der Waals surface area (Å²) >= 11 is 0. The number of carbonyl (C=O) groups is 2. The average Bonchev–Trinajstić information content (AvgIpc) is 3.20. The molecule has 196 valence electrons. The van der Waals surface area contributed by atoms with Crippen LogP contribution in [-0.4, -0.2) is 22.2 Å². The Morgan fingerprint density at radius 3 is 2.14 bits per heavy atom. The molecule has 0 saturated heterocycles. The number of hydrogen-bond acceptors (Lipinski definition) is 2. The minimum atomic E-state index is -0.619. The molecule has 0 aromatic heterocycles. The Hall–Kier alpha value is -1.32. The standard InChI is InChI=1S/C31H48O4/c1-7-19(2)20-11-16-31(26(34)35)18-17-29(5)21(24(20)31)9-10-23-27(3)13-8-14-28(4,25(32)33)22(27)12-15-30(23,29)6/h20-24H,2,7-18H2,1,3-6H3,(H,32,33)(H,34,35)/t20-,21+,22+,23+,24+,27-,28+,29+,30+,31?/m0/s1. The van der Waals surface area contributed by atoms with Crippen molar-refractivity contribution >= 4 is 11.9 Å². The third kappa shape index (κ3) is 2.98. The minimum Gasteiger partial charge on any atom is -0.481 e. The molecule has 0 aromatic carbocycles. The molecule has 4 nitrogen and oxygen atoms in total. The van der Waals surface area contributed by atoms with Crippen molar-refractivity contribution in [3.05, 3.63) is 12.2 Å². The predicted octanol–water partition coefficient (Wildman–Crippen LogP) is 7.57. The lowest BCUT2D eigenvalue weighted by atomic mass is 9.32. The Bertz CT molecular complexity index is 940. The van der Waals surface area contributed by atoms with Gasteiger partial charge >= 0.3 is 11.9 Å². The molecule has 5 saturated carbocycles. The average molecular weight is 485 g/mol. The van der Waals surface area contributed by atoms with E-state index in [1.54, 1.807) is 0 Å². The maximum atomic E-state index is 12.8. The van der Waals surface area contributed by atoms with Gasteiger partial charge in [0, 0.05) is 0 Å². The molecule has 2 N–H and O–H groups in total. The van der Waals surface area contributed by atoms with Gasteiger partial charge in [0.2, 0.25) is 0 Å². The Labute approximate surface area is 212 Å². The summed E-state index contributed by atoms with van der Waals surface area (Å²) < 4.78 is 0. The molecule has 0 radical (unpaired) electrons. The first kappa shape index (κ1) is 25.3. The number of aliphatic carboxylic acids is 2. The molecule has 0 heterocycles. The molecule has 5 aliphatic rings. The molecule has 0 aromatic rings. The molecule has 1 unspecified atom stereocenters. The highest BCUT2D eigenvalue weighted by atomic mass is 16.4. The summed E-state index contributed by atoms with van der Waals surface area (Å²) in [6, 6.07) is 0. The zero-order valence-electron chi connectivity index (χ0n) is 22.8. The number of fused-ring (bicyclic) bond motifs is 7. The van der Waals surface area contributed by atoms with Gasteiger partial charge in [0.1, 0.15) is 0 Å². The second-order valence-electron chi connectivity index (χ2n) is 14.4. The second kappa shape index (κ2) is 7.84. The van der Waals surface area contributed by atoms with Crippen molar-refractivity contribution in [2.24, 2.45) is 56.7 Å². The maximum Gasteiger partial charge on any atom is 0.309 e. The summed E-state index contributed by atoms with van der Waals surface area (Å²) in [6.07, 6.45) is 11.8. The highest BCUT2D eigenvalue weighted by Crippen LogP contribution is 2.77. The first-order valence-corrected chi connectivity index (χ1v) is 14.5.